The van der Waals surface area contributed by atoms with Crippen LogP contribution in [0.4, 0.5) is 18.9 Å². The van der Waals surface area contributed by atoms with E-state index < -0.39 is 34.2 Å². The maximum absolute atomic E-state index is 13.4. The molecule has 214 valence electrons. The molecule has 3 aromatic carbocycles. The summed E-state index contributed by atoms with van der Waals surface area (Å²) >= 11 is 12.2. The maximum Gasteiger partial charge on any atom is 0.416 e. The minimum atomic E-state index is -4.71. The summed E-state index contributed by atoms with van der Waals surface area (Å²) in [6, 6.07) is 17.9. The van der Waals surface area contributed by atoms with E-state index in [-0.39, 0.29) is 10.6 Å². The number of halogens is 5. The fourth-order valence-corrected chi connectivity index (χ4v) is 5.88. The lowest BCUT2D eigenvalue weighted by Crippen LogP contribution is -2.39. The van der Waals surface area contributed by atoms with Crippen molar-refractivity contribution in [2.24, 2.45) is 5.10 Å². The number of nitrogens with zero attached hydrogens (tertiary/aromatic N) is 3. The molecule has 4 aromatic rings. The van der Waals surface area contributed by atoms with Gasteiger partial charge < -0.3 is 4.57 Å². The van der Waals surface area contributed by atoms with E-state index in [1.807, 2.05) is 24.5 Å². The number of rotatable bonds is 8. The van der Waals surface area contributed by atoms with E-state index in [0.29, 0.717) is 26.0 Å². The van der Waals surface area contributed by atoms with Crippen LogP contribution in [0.5, 0.6) is 0 Å². The second kappa shape index (κ2) is 12.0. The summed E-state index contributed by atoms with van der Waals surface area (Å²) < 4.78 is 69.4. The first-order valence-electron chi connectivity index (χ1n) is 12.0. The van der Waals surface area contributed by atoms with Crippen LogP contribution in [0.1, 0.15) is 22.5 Å². The number of hydrazone groups is 1. The SMILES string of the molecule is Cc1cc(/C=N\NC(=O)CN(c2cccc(C(F)(F)F)c2)S(=O)(=O)c2ccccc2)c(C)n1-c1ccc(Cl)c(Cl)c1. The molecule has 0 fully saturated rings. The number of nitrogens with one attached hydrogen (secondary N) is 1. The Morgan fingerprint density at radius 3 is 2.34 bits per heavy atom. The van der Waals surface area contributed by atoms with Gasteiger partial charge in [-0.3, -0.25) is 9.10 Å². The van der Waals surface area contributed by atoms with Gasteiger partial charge in [-0.2, -0.15) is 18.3 Å². The van der Waals surface area contributed by atoms with Crippen LogP contribution in [-0.4, -0.2) is 31.7 Å². The average molecular weight is 623 g/mol. The summed E-state index contributed by atoms with van der Waals surface area (Å²) in [7, 11) is -4.41. The second-order valence-corrected chi connectivity index (χ2v) is 11.6. The van der Waals surface area contributed by atoms with E-state index in [2.05, 4.69) is 10.5 Å². The Bertz CT molecular complexity index is 1720. The van der Waals surface area contributed by atoms with E-state index in [9.17, 15) is 26.4 Å². The number of hydrogen-bond donors (Lipinski definition) is 1. The summed E-state index contributed by atoms with van der Waals surface area (Å²) in [6.07, 6.45) is -3.33. The van der Waals surface area contributed by atoms with Crippen LogP contribution in [0.2, 0.25) is 10.0 Å². The number of sulfonamides is 1. The molecule has 1 N–H and O–H groups in total. The van der Waals surface area contributed by atoms with E-state index >= 15 is 0 Å². The van der Waals surface area contributed by atoms with Gasteiger partial charge in [0.1, 0.15) is 6.54 Å². The standard InChI is InChI=1S/C28H23Cl2F3N4O3S/c1-18-13-20(19(2)37(18)23-11-12-25(29)26(30)15-23)16-34-35-27(38)17-36(41(39,40)24-9-4-3-5-10-24)22-8-6-7-21(14-22)28(31,32)33/h3-16H,17H2,1-2H3,(H,35,38)/b34-16-. The quantitative estimate of drug-likeness (QED) is 0.174. The fraction of sp³-hybridized carbons (Fsp3) is 0.143. The number of anilines is 1. The first-order valence-corrected chi connectivity index (χ1v) is 14.2. The van der Waals surface area contributed by atoms with Gasteiger partial charge in [0.25, 0.3) is 15.9 Å². The van der Waals surface area contributed by atoms with Crippen LogP contribution in [0.25, 0.3) is 5.69 Å². The summed E-state index contributed by atoms with van der Waals surface area (Å²) in [6.45, 7) is 2.88. The molecule has 0 saturated carbocycles. The molecule has 1 amide bonds. The van der Waals surface area contributed by atoms with Gasteiger partial charge in [0.05, 0.1) is 32.4 Å². The molecule has 0 atom stereocenters. The zero-order valence-electron chi connectivity index (χ0n) is 21.7. The Balaban J connectivity index is 1.59. The van der Waals surface area contributed by atoms with Crippen molar-refractivity contribution < 1.29 is 26.4 Å². The molecular formula is C28H23Cl2F3N4O3S. The van der Waals surface area contributed by atoms with Crippen LogP contribution < -0.4 is 9.73 Å². The van der Waals surface area contributed by atoms with Crippen molar-refractivity contribution in [3.8, 4) is 5.69 Å². The Kier molecular flexibility index (Phi) is 8.81. The smallest absolute Gasteiger partial charge is 0.318 e. The number of amides is 1. The zero-order valence-corrected chi connectivity index (χ0v) is 24.0. The Morgan fingerprint density at radius 1 is 0.976 bits per heavy atom. The van der Waals surface area contributed by atoms with E-state index in [1.54, 1.807) is 24.3 Å². The zero-order chi connectivity index (χ0) is 29.9. The van der Waals surface area contributed by atoms with Crippen molar-refractivity contribution in [2.75, 3.05) is 10.8 Å². The molecular weight excluding hydrogens is 600 g/mol. The highest BCUT2D eigenvalue weighted by Crippen LogP contribution is 2.33. The average Bonchev–Trinajstić information content (AvgIpc) is 3.21. The number of benzene rings is 3. The third kappa shape index (κ3) is 6.75. The maximum atomic E-state index is 13.4. The van der Waals surface area contributed by atoms with Crippen LogP contribution in [0.15, 0.2) is 88.9 Å². The van der Waals surface area contributed by atoms with E-state index in [0.717, 1.165) is 29.2 Å². The highest BCUT2D eigenvalue weighted by Gasteiger charge is 2.33. The number of carbonyl (C=O) groups excluding carboxylic acids is 1. The van der Waals surface area contributed by atoms with E-state index in [4.69, 9.17) is 23.2 Å². The largest absolute Gasteiger partial charge is 0.416 e. The van der Waals surface area contributed by atoms with Crippen LogP contribution in [0, 0.1) is 13.8 Å². The van der Waals surface area contributed by atoms with Gasteiger partial charge in [0.2, 0.25) is 0 Å². The lowest BCUT2D eigenvalue weighted by Gasteiger charge is -2.24. The molecule has 0 spiro atoms. The first-order chi connectivity index (χ1) is 19.3. The summed E-state index contributed by atoms with van der Waals surface area (Å²) in [4.78, 5) is 12.6. The predicted octanol–water partition coefficient (Wildman–Crippen LogP) is 6.77. The highest BCUT2D eigenvalue weighted by molar-refractivity contribution is 7.92. The molecule has 0 aliphatic rings. The van der Waals surface area contributed by atoms with Crippen LogP contribution in [0.3, 0.4) is 0 Å². The van der Waals surface area contributed by atoms with Crippen molar-refractivity contribution in [1.29, 1.82) is 0 Å². The minimum absolute atomic E-state index is 0.191. The third-order valence-corrected chi connectivity index (χ3v) is 8.63. The fourth-order valence-electron chi connectivity index (χ4n) is 4.15. The molecule has 7 nitrogen and oxygen atoms in total. The van der Waals surface area contributed by atoms with Crippen molar-refractivity contribution in [3.63, 3.8) is 0 Å². The van der Waals surface area contributed by atoms with Gasteiger partial charge in [-0.25, -0.2) is 13.8 Å². The molecule has 4 rings (SSSR count). The summed E-state index contributed by atoms with van der Waals surface area (Å²) in [5.41, 5.74) is 3.92. The molecule has 1 heterocycles. The number of carbonyl (C=O) groups is 1. The van der Waals surface area contributed by atoms with Crippen LogP contribution in [-0.2, 0) is 21.0 Å². The van der Waals surface area contributed by atoms with Gasteiger partial charge in [-0.15, -0.1) is 0 Å². The number of alkyl halides is 3. The number of aryl methyl sites for hydroxylation is 1. The molecule has 0 saturated heterocycles. The normalized spacial score (nSPS) is 12.1. The van der Waals surface area contributed by atoms with E-state index in [1.165, 1.54) is 36.5 Å². The molecule has 0 aliphatic heterocycles. The summed E-state index contributed by atoms with van der Waals surface area (Å²) in [5, 5.41) is 4.75. The van der Waals surface area contributed by atoms with Gasteiger partial charge in [0, 0.05) is 22.6 Å². The molecule has 41 heavy (non-hydrogen) atoms. The highest BCUT2D eigenvalue weighted by atomic mass is 35.5. The molecule has 0 radical (unpaired) electrons. The number of aromatic nitrogens is 1. The van der Waals surface area contributed by atoms with Crippen molar-refractivity contribution in [2.45, 2.75) is 24.9 Å². The second-order valence-electron chi connectivity index (χ2n) is 8.93. The Morgan fingerprint density at radius 2 is 1.68 bits per heavy atom. The Hall–Kier alpha value is -3.80. The lowest BCUT2D eigenvalue weighted by molar-refractivity contribution is -0.137. The van der Waals surface area contributed by atoms with Crippen molar-refractivity contribution in [1.82, 2.24) is 9.99 Å². The molecule has 13 heteroatoms. The Labute approximate surface area is 244 Å². The first kappa shape index (κ1) is 30.2. The monoisotopic (exact) mass is 622 g/mol. The van der Waals surface area contributed by atoms with Crippen molar-refractivity contribution >= 4 is 51.0 Å². The van der Waals surface area contributed by atoms with Gasteiger partial charge >= 0.3 is 6.18 Å². The van der Waals surface area contributed by atoms with Crippen LogP contribution >= 0.6 is 23.2 Å². The third-order valence-electron chi connectivity index (χ3n) is 6.10. The molecule has 0 unspecified atom stereocenters. The van der Waals surface area contributed by atoms with Gasteiger partial charge in [0.15, 0.2) is 0 Å². The molecule has 1 aromatic heterocycles. The minimum Gasteiger partial charge on any atom is -0.318 e. The predicted molar refractivity (Wildman–Crippen MR) is 153 cm³/mol. The molecule has 0 bridgehead atoms. The number of hydrogen-bond acceptors (Lipinski definition) is 4. The van der Waals surface area contributed by atoms with Gasteiger partial charge in [-0.05, 0) is 68.4 Å². The lowest BCUT2D eigenvalue weighted by atomic mass is 10.2. The summed E-state index contributed by atoms with van der Waals surface area (Å²) in [5.74, 6) is -0.864. The van der Waals surface area contributed by atoms with Gasteiger partial charge in [-0.1, -0.05) is 47.5 Å². The molecule has 0 aliphatic carbocycles. The van der Waals surface area contributed by atoms with Crippen molar-refractivity contribution in [3.05, 3.63) is 111 Å². The topological polar surface area (TPSA) is 83.8 Å².